The summed E-state index contributed by atoms with van der Waals surface area (Å²) in [5, 5.41) is 7.43. The Kier molecular flexibility index (Phi) is 4.06. The molecule has 3 rings (SSSR count). The van der Waals surface area contributed by atoms with Gasteiger partial charge in [-0.3, -0.25) is 0 Å². The summed E-state index contributed by atoms with van der Waals surface area (Å²) in [6.07, 6.45) is 2.22. The van der Waals surface area contributed by atoms with Crippen LogP contribution in [-0.2, 0) is 0 Å². The number of ether oxygens (including phenoxy) is 2. The van der Waals surface area contributed by atoms with E-state index in [1.54, 1.807) is 14.2 Å². The molecule has 1 aromatic carbocycles. The standard InChI is InChI=1S/C15H19N3O3/c1-19-12-6-5-10(8-13(12)20-2)14-17-15(21-18-14)11-4-3-7-16-9-11/h5-6,8,11,16H,3-4,7,9H2,1-2H3. The molecule has 1 aromatic heterocycles. The molecular weight excluding hydrogens is 270 g/mol. The normalized spacial score (nSPS) is 18.5. The van der Waals surface area contributed by atoms with Gasteiger partial charge in [0, 0.05) is 12.1 Å². The molecule has 0 bridgehead atoms. The number of aromatic nitrogens is 2. The van der Waals surface area contributed by atoms with Gasteiger partial charge in [-0.25, -0.2) is 0 Å². The van der Waals surface area contributed by atoms with Crippen molar-refractivity contribution in [3.05, 3.63) is 24.1 Å². The van der Waals surface area contributed by atoms with E-state index in [1.165, 1.54) is 0 Å². The zero-order valence-electron chi connectivity index (χ0n) is 12.3. The molecule has 21 heavy (non-hydrogen) atoms. The molecule has 1 saturated heterocycles. The van der Waals surface area contributed by atoms with Gasteiger partial charge in [-0.05, 0) is 37.6 Å². The fourth-order valence-electron chi connectivity index (χ4n) is 2.56. The van der Waals surface area contributed by atoms with Gasteiger partial charge >= 0.3 is 0 Å². The highest BCUT2D eigenvalue weighted by molar-refractivity contribution is 5.60. The Hall–Kier alpha value is -2.08. The van der Waals surface area contributed by atoms with Gasteiger partial charge < -0.3 is 19.3 Å². The van der Waals surface area contributed by atoms with Crippen LogP contribution in [0.4, 0.5) is 0 Å². The van der Waals surface area contributed by atoms with Crippen LogP contribution in [0.2, 0.25) is 0 Å². The van der Waals surface area contributed by atoms with Gasteiger partial charge in [-0.1, -0.05) is 5.16 Å². The maximum atomic E-state index is 5.42. The van der Waals surface area contributed by atoms with E-state index in [4.69, 9.17) is 14.0 Å². The molecule has 0 radical (unpaired) electrons. The van der Waals surface area contributed by atoms with Crippen molar-refractivity contribution in [2.24, 2.45) is 0 Å². The summed E-state index contributed by atoms with van der Waals surface area (Å²) in [4.78, 5) is 4.52. The van der Waals surface area contributed by atoms with Crippen LogP contribution in [0.1, 0.15) is 24.7 Å². The molecule has 0 spiro atoms. The summed E-state index contributed by atoms with van der Waals surface area (Å²) in [5.74, 6) is 2.92. The number of piperidine rings is 1. The minimum Gasteiger partial charge on any atom is -0.493 e. The minimum atomic E-state index is 0.306. The maximum Gasteiger partial charge on any atom is 0.231 e. The molecule has 2 aromatic rings. The Morgan fingerprint density at radius 2 is 2.10 bits per heavy atom. The highest BCUT2D eigenvalue weighted by atomic mass is 16.5. The lowest BCUT2D eigenvalue weighted by atomic mass is 10.00. The van der Waals surface area contributed by atoms with Crippen molar-refractivity contribution in [3.8, 4) is 22.9 Å². The van der Waals surface area contributed by atoms with Crippen molar-refractivity contribution >= 4 is 0 Å². The molecule has 1 fully saturated rings. The zero-order valence-corrected chi connectivity index (χ0v) is 12.3. The molecule has 0 aliphatic carbocycles. The summed E-state index contributed by atoms with van der Waals surface area (Å²) < 4.78 is 15.9. The van der Waals surface area contributed by atoms with E-state index in [0.717, 1.165) is 31.5 Å². The Labute approximate surface area is 123 Å². The van der Waals surface area contributed by atoms with Gasteiger partial charge in [-0.15, -0.1) is 0 Å². The number of hydrogen-bond acceptors (Lipinski definition) is 6. The van der Waals surface area contributed by atoms with Crippen LogP contribution in [0.3, 0.4) is 0 Å². The van der Waals surface area contributed by atoms with Crippen molar-refractivity contribution in [2.45, 2.75) is 18.8 Å². The second-order valence-corrected chi connectivity index (χ2v) is 5.07. The quantitative estimate of drug-likeness (QED) is 0.930. The number of rotatable bonds is 4. The van der Waals surface area contributed by atoms with Crippen LogP contribution in [0.15, 0.2) is 22.7 Å². The lowest BCUT2D eigenvalue weighted by molar-refractivity contribution is 0.322. The minimum absolute atomic E-state index is 0.306. The second kappa shape index (κ2) is 6.13. The average Bonchev–Trinajstić information content (AvgIpc) is 3.05. The van der Waals surface area contributed by atoms with Gasteiger partial charge in [0.1, 0.15) is 0 Å². The summed E-state index contributed by atoms with van der Waals surface area (Å²) in [7, 11) is 3.22. The maximum absolute atomic E-state index is 5.42. The number of nitrogens with one attached hydrogen (secondary N) is 1. The fourth-order valence-corrected chi connectivity index (χ4v) is 2.56. The Bertz CT molecular complexity index is 606. The van der Waals surface area contributed by atoms with Crippen molar-refractivity contribution in [1.29, 1.82) is 0 Å². The van der Waals surface area contributed by atoms with Crippen LogP contribution in [0.5, 0.6) is 11.5 Å². The molecule has 6 nitrogen and oxygen atoms in total. The van der Waals surface area contributed by atoms with E-state index in [9.17, 15) is 0 Å². The summed E-state index contributed by atoms with van der Waals surface area (Å²) >= 11 is 0. The van der Waals surface area contributed by atoms with Crippen molar-refractivity contribution < 1.29 is 14.0 Å². The molecule has 1 aliphatic rings. The smallest absolute Gasteiger partial charge is 0.231 e. The third-order valence-corrected chi connectivity index (χ3v) is 3.73. The third-order valence-electron chi connectivity index (χ3n) is 3.73. The van der Waals surface area contributed by atoms with Crippen molar-refractivity contribution in [2.75, 3.05) is 27.3 Å². The first-order chi connectivity index (χ1) is 10.3. The topological polar surface area (TPSA) is 69.4 Å². The molecule has 1 unspecified atom stereocenters. The third kappa shape index (κ3) is 2.85. The first-order valence-corrected chi connectivity index (χ1v) is 7.08. The molecule has 0 amide bonds. The van der Waals surface area contributed by atoms with Crippen LogP contribution < -0.4 is 14.8 Å². The first kappa shape index (κ1) is 13.9. The Morgan fingerprint density at radius 3 is 2.81 bits per heavy atom. The second-order valence-electron chi connectivity index (χ2n) is 5.07. The lowest BCUT2D eigenvalue weighted by Crippen LogP contribution is -2.28. The molecule has 112 valence electrons. The predicted molar refractivity (Wildman–Crippen MR) is 77.7 cm³/mol. The van der Waals surface area contributed by atoms with Gasteiger partial charge in [-0.2, -0.15) is 4.98 Å². The monoisotopic (exact) mass is 289 g/mol. The summed E-state index contributed by atoms with van der Waals surface area (Å²) in [6.45, 7) is 1.96. The number of benzene rings is 1. The van der Waals surface area contributed by atoms with Gasteiger partial charge in [0.2, 0.25) is 11.7 Å². The van der Waals surface area contributed by atoms with Crippen molar-refractivity contribution in [1.82, 2.24) is 15.5 Å². The van der Waals surface area contributed by atoms with E-state index >= 15 is 0 Å². The van der Waals surface area contributed by atoms with E-state index < -0.39 is 0 Å². The van der Waals surface area contributed by atoms with E-state index in [0.29, 0.717) is 29.1 Å². The number of hydrogen-bond donors (Lipinski definition) is 1. The van der Waals surface area contributed by atoms with Crippen molar-refractivity contribution in [3.63, 3.8) is 0 Å². The van der Waals surface area contributed by atoms with Crippen LogP contribution in [0, 0.1) is 0 Å². The van der Waals surface area contributed by atoms with Crippen LogP contribution in [-0.4, -0.2) is 37.4 Å². The molecule has 1 N–H and O–H groups in total. The molecule has 2 heterocycles. The summed E-state index contributed by atoms with van der Waals surface area (Å²) in [5.41, 5.74) is 0.853. The zero-order chi connectivity index (χ0) is 14.7. The SMILES string of the molecule is COc1ccc(-c2noc(C3CCCNC3)n2)cc1OC. The van der Waals surface area contributed by atoms with E-state index in [2.05, 4.69) is 15.5 Å². The van der Waals surface area contributed by atoms with Crippen LogP contribution in [0.25, 0.3) is 11.4 Å². The lowest BCUT2D eigenvalue weighted by Gasteiger charge is -2.18. The fraction of sp³-hybridized carbons (Fsp3) is 0.467. The highest BCUT2D eigenvalue weighted by Gasteiger charge is 2.22. The molecule has 0 saturated carbocycles. The van der Waals surface area contributed by atoms with E-state index in [1.807, 2.05) is 18.2 Å². The predicted octanol–water partition coefficient (Wildman–Crippen LogP) is 2.22. The largest absolute Gasteiger partial charge is 0.493 e. The summed E-state index contributed by atoms with van der Waals surface area (Å²) in [6, 6.07) is 5.59. The van der Waals surface area contributed by atoms with E-state index in [-0.39, 0.29) is 0 Å². The Morgan fingerprint density at radius 1 is 1.24 bits per heavy atom. The van der Waals surface area contributed by atoms with Gasteiger partial charge in [0.05, 0.1) is 20.1 Å². The molecular formula is C15H19N3O3. The highest BCUT2D eigenvalue weighted by Crippen LogP contribution is 2.32. The van der Waals surface area contributed by atoms with Gasteiger partial charge in [0.15, 0.2) is 11.5 Å². The van der Waals surface area contributed by atoms with Gasteiger partial charge in [0.25, 0.3) is 0 Å². The average molecular weight is 289 g/mol. The number of nitrogens with zero attached hydrogens (tertiary/aromatic N) is 2. The Balaban J connectivity index is 1.85. The van der Waals surface area contributed by atoms with Crippen LogP contribution >= 0.6 is 0 Å². The molecule has 6 heteroatoms. The molecule has 1 atom stereocenters. The number of methoxy groups -OCH3 is 2. The molecule has 1 aliphatic heterocycles. The first-order valence-electron chi connectivity index (χ1n) is 7.08.